The van der Waals surface area contributed by atoms with Gasteiger partial charge in [-0.05, 0) is 18.2 Å². The van der Waals surface area contributed by atoms with Gasteiger partial charge in [0, 0.05) is 5.56 Å². The van der Waals surface area contributed by atoms with E-state index in [0.29, 0.717) is 6.29 Å². The number of aromatic amines is 1. The molecule has 86 valence electrons. The number of hydrogen-bond acceptors (Lipinski definition) is 2. The van der Waals surface area contributed by atoms with Crippen LogP contribution in [0.4, 0.5) is 8.78 Å². The van der Waals surface area contributed by atoms with Crippen LogP contribution in [0, 0.1) is 11.6 Å². The van der Waals surface area contributed by atoms with E-state index in [1.807, 2.05) is 0 Å². The highest BCUT2D eigenvalue weighted by molar-refractivity contribution is 5.73. The van der Waals surface area contributed by atoms with Crippen LogP contribution in [0.25, 0.3) is 11.1 Å². The molecule has 0 unspecified atom stereocenters. The average Bonchev–Trinajstić information content (AvgIpc) is 2.33. The van der Waals surface area contributed by atoms with Crippen molar-refractivity contribution in [2.75, 3.05) is 0 Å². The zero-order chi connectivity index (χ0) is 12.4. The molecule has 0 aliphatic heterocycles. The van der Waals surface area contributed by atoms with Crippen LogP contribution in [0.2, 0.25) is 0 Å². The van der Waals surface area contributed by atoms with E-state index in [1.54, 1.807) is 0 Å². The second-order valence-corrected chi connectivity index (χ2v) is 3.38. The monoisotopic (exact) mass is 235 g/mol. The summed E-state index contributed by atoms with van der Waals surface area (Å²) in [5.74, 6) is -2.11. The Labute approximate surface area is 94.7 Å². The summed E-state index contributed by atoms with van der Waals surface area (Å²) in [6.07, 6.45) is 0.465. The first-order valence-corrected chi connectivity index (χ1v) is 4.76. The summed E-state index contributed by atoms with van der Waals surface area (Å²) in [4.78, 5) is 24.2. The van der Waals surface area contributed by atoms with Gasteiger partial charge < -0.3 is 4.98 Å². The van der Waals surface area contributed by atoms with Gasteiger partial charge in [0.05, 0.1) is 11.3 Å². The van der Waals surface area contributed by atoms with E-state index in [4.69, 9.17) is 0 Å². The van der Waals surface area contributed by atoms with E-state index >= 15 is 0 Å². The van der Waals surface area contributed by atoms with Crippen molar-refractivity contribution in [1.82, 2.24) is 4.98 Å². The standard InChI is InChI=1S/C12H7F2NO2/c13-10-3-1-2-8(11(10)14)9-5-4-7(6-16)15-12(9)17/h1-6H,(H,15,17). The Morgan fingerprint density at radius 2 is 1.82 bits per heavy atom. The van der Waals surface area contributed by atoms with Crippen LogP contribution in [-0.2, 0) is 0 Å². The summed E-state index contributed by atoms with van der Waals surface area (Å²) in [5, 5.41) is 0. The molecule has 2 aromatic rings. The predicted molar refractivity (Wildman–Crippen MR) is 57.8 cm³/mol. The predicted octanol–water partition coefficient (Wildman–Crippen LogP) is 2.13. The minimum atomic E-state index is -1.09. The number of halogens is 2. The number of benzene rings is 1. The Morgan fingerprint density at radius 3 is 2.47 bits per heavy atom. The molecule has 2 rings (SSSR count). The van der Waals surface area contributed by atoms with E-state index in [1.165, 1.54) is 24.3 Å². The van der Waals surface area contributed by atoms with Gasteiger partial charge in [0.2, 0.25) is 0 Å². The first-order chi connectivity index (χ1) is 8.13. The van der Waals surface area contributed by atoms with Crippen molar-refractivity contribution in [3.05, 3.63) is 58.0 Å². The second-order valence-electron chi connectivity index (χ2n) is 3.38. The molecule has 0 aliphatic carbocycles. The lowest BCUT2D eigenvalue weighted by Gasteiger charge is -2.03. The molecule has 1 aromatic carbocycles. The van der Waals surface area contributed by atoms with Crippen LogP contribution in [-0.4, -0.2) is 11.3 Å². The third kappa shape index (κ3) is 1.99. The molecule has 1 aromatic heterocycles. The molecule has 5 heteroatoms. The maximum atomic E-state index is 13.5. The zero-order valence-corrected chi connectivity index (χ0v) is 8.54. The van der Waals surface area contributed by atoms with Crippen LogP contribution in [0.15, 0.2) is 35.1 Å². The van der Waals surface area contributed by atoms with Gasteiger partial charge in [0.1, 0.15) is 0 Å². The zero-order valence-electron chi connectivity index (χ0n) is 8.54. The maximum Gasteiger partial charge on any atom is 0.256 e. The fourth-order valence-electron chi connectivity index (χ4n) is 1.48. The number of aromatic nitrogens is 1. The van der Waals surface area contributed by atoms with E-state index in [0.717, 1.165) is 6.07 Å². The quantitative estimate of drug-likeness (QED) is 0.810. The van der Waals surface area contributed by atoms with Crippen LogP contribution < -0.4 is 5.56 Å². The molecule has 1 N–H and O–H groups in total. The molecule has 1 heterocycles. The summed E-state index contributed by atoms with van der Waals surface area (Å²) < 4.78 is 26.5. The van der Waals surface area contributed by atoms with E-state index in [2.05, 4.69) is 4.98 Å². The van der Waals surface area contributed by atoms with Crippen molar-refractivity contribution in [2.24, 2.45) is 0 Å². The van der Waals surface area contributed by atoms with Crippen LogP contribution in [0.3, 0.4) is 0 Å². The number of rotatable bonds is 2. The van der Waals surface area contributed by atoms with Crippen LogP contribution in [0.5, 0.6) is 0 Å². The summed E-state index contributed by atoms with van der Waals surface area (Å²) in [6, 6.07) is 6.17. The molecular weight excluding hydrogens is 228 g/mol. The molecule has 0 spiro atoms. The third-order valence-corrected chi connectivity index (χ3v) is 2.30. The van der Waals surface area contributed by atoms with E-state index in [-0.39, 0.29) is 16.8 Å². The molecule has 0 fully saturated rings. The molecule has 0 bridgehead atoms. The average molecular weight is 235 g/mol. The number of H-pyrrole nitrogens is 1. The number of aldehydes is 1. The Bertz CT molecular complexity index is 635. The molecule has 0 saturated heterocycles. The highest BCUT2D eigenvalue weighted by Crippen LogP contribution is 2.21. The lowest BCUT2D eigenvalue weighted by molar-refractivity contribution is 0.111. The van der Waals surface area contributed by atoms with Gasteiger partial charge in [0.15, 0.2) is 17.9 Å². The second kappa shape index (κ2) is 4.29. The van der Waals surface area contributed by atoms with Crippen molar-refractivity contribution in [3.8, 4) is 11.1 Å². The molecule has 0 radical (unpaired) electrons. The van der Waals surface area contributed by atoms with E-state index < -0.39 is 17.2 Å². The van der Waals surface area contributed by atoms with Gasteiger partial charge in [-0.3, -0.25) is 9.59 Å². The summed E-state index contributed by atoms with van der Waals surface area (Å²) in [5.41, 5.74) is -0.717. The Balaban J connectivity index is 2.65. The van der Waals surface area contributed by atoms with E-state index in [9.17, 15) is 18.4 Å². The van der Waals surface area contributed by atoms with Crippen LogP contribution >= 0.6 is 0 Å². The van der Waals surface area contributed by atoms with Crippen LogP contribution in [0.1, 0.15) is 10.5 Å². The lowest BCUT2D eigenvalue weighted by atomic mass is 10.1. The van der Waals surface area contributed by atoms with Crippen molar-refractivity contribution in [2.45, 2.75) is 0 Å². The minimum absolute atomic E-state index is 0.0207. The number of carbonyl (C=O) groups excluding carboxylic acids is 1. The van der Waals surface area contributed by atoms with Gasteiger partial charge in [0.25, 0.3) is 5.56 Å². The number of carbonyl (C=O) groups is 1. The van der Waals surface area contributed by atoms with Gasteiger partial charge in [-0.1, -0.05) is 12.1 Å². The summed E-state index contributed by atoms with van der Waals surface area (Å²) in [6.45, 7) is 0. The molecule has 0 aliphatic rings. The highest BCUT2D eigenvalue weighted by atomic mass is 19.2. The maximum absolute atomic E-state index is 13.5. The number of hydrogen-bond donors (Lipinski definition) is 1. The summed E-state index contributed by atoms with van der Waals surface area (Å²) in [7, 11) is 0. The first-order valence-electron chi connectivity index (χ1n) is 4.76. The molecule has 0 amide bonds. The first kappa shape index (κ1) is 11.2. The SMILES string of the molecule is O=Cc1ccc(-c2cccc(F)c2F)c(=O)[nH]1. The van der Waals surface area contributed by atoms with Gasteiger partial charge in [-0.2, -0.15) is 0 Å². The molecule has 0 atom stereocenters. The number of nitrogens with one attached hydrogen (secondary N) is 1. The topological polar surface area (TPSA) is 49.9 Å². The fourth-order valence-corrected chi connectivity index (χ4v) is 1.48. The van der Waals surface area contributed by atoms with Crippen molar-refractivity contribution < 1.29 is 13.6 Å². The van der Waals surface area contributed by atoms with Crippen molar-refractivity contribution >= 4 is 6.29 Å². The minimum Gasteiger partial charge on any atom is -0.319 e. The van der Waals surface area contributed by atoms with Gasteiger partial charge in [-0.25, -0.2) is 8.78 Å². The molecule has 17 heavy (non-hydrogen) atoms. The Hall–Kier alpha value is -2.30. The molecule has 0 saturated carbocycles. The highest BCUT2D eigenvalue weighted by Gasteiger charge is 2.12. The Morgan fingerprint density at radius 1 is 1.06 bits per heavy atom. The van der Waals surface area contributed by atoms with Gasteiger partial charge in [-0.15, -0.1) is 0 Å². The fraction of sp³-hybridized carbons (Fsp3) is 0. The normalized spacial score (nSPS) is 10.2. The third-order valence-electron chi connectivity index (χ3n) is 2.30. The lowest BCUT2D eigenvalue weighted by Crippen LogP contribution is -2.11. The molecular formula is C12H7F2NO2. The van der Waals surface area contributed by atoms with Crippen molar-refractivity contribution in [1.29, 1.82) is 0 Å². The number of pyridine rings is 1. The smallest absolute Gasteiger partial charge is 0.256 e. The largest absolute Gasteiger partial charge is 0.319 e. The summed E-state index contributed by atoms with van der Waals surface area (Å²) >= 11 is 0. The van der Waals surface area contributed by atoms with Gasteiger partial charge >= 0.3 is 0 Å². The van der Waals surface area contributed by atoms with Crippen molar-refractivity contribution in [3.63, 3.8) is 0 Å². The Kier molecular flexibility index (Phi) is 2.82. The molecule has 3 nitrogen and oxygen atoms in total.